The summed E-state index contributed by atoms with van der Waals surface area (Å²) >= 11 is 0. The Labute approximate surface area is 74.3 Å². The van der Waals surface area contributed by atoms with E-state index in [2.05, 4.69) is 0 Å². The summed E-state index contributed by atoms with van der Waals surface area (Å²) in [5.74, 6) is -0.613. The molecule has 5 heteroatoms. The highest BCUT2D eigenvalue weighted by molar-refractivity contribution is 6.50. The predicted octanol–water partition coefficient (Wildman–Crippen LogP) is 1.15. The molecule has 0 aliphatic heterocycles. The monoisotopic (exact) mass is 184 g/mol. The maximum atomic E-state index is 12.8. The van der Waals surface area contributed by atoms with Gasteiger partial charge in [-0.15, -0.1) is 0 Å². The summed E-state index contributed by atoms with van der Waals surface area (Å²) in [4.78, 5) is 0. The van der Waals surface area contributed by atoms with E-state index in [4.69, 9.17) is 10.0 Å². The maximum Gasteiger partial charge on any atom is 0.518 e. The second kappa shape index (κ2) is 4.16. The van der Waals surface area contributed by atoms with Crippen molar-refractivity contribution in [1.29, 1.82) is 0 Å². The highest BCUT2D eigenvalue weighted by atomic mass is 19.1. The van der Waals surface area contributed by atoms with E-state index in [0.717, 1.165) is 12.1 Å². The van der Waals surface area contributed by atoms with Gasteiger partial charge in [0.15, 0.2) is 0 Å². The molecule has 1 rings (SSSR count). The van der Waals surface area contributed by atoms with E-state index >= 15 is 0 Å². The van der Waals surface area contributed by atoms with Crippen molar-refractivity contribution in [3.05, 3.63) is 41.4 Å². The maximum absolute atomic E-state index is 12.8. The van der Waals surface area contributed by atoms with Gasteiger partial charge in [0.05, 0.1) is 0 Å². The second-order valence-corrected chi connectivity index (χ2v) is 2.42. The molecule has 0 saturated heterocycles. The van der Waals surface area contributed by atoms with E-state index in [9.17, 15) is 8.78 Å². The molecule has 2 N–H and O–H groups in total. The third-order valence-corrected chi connectivity index (χ3v) is 1.45. The molecule has 0 aliphatic rings. The van der Waals surface area contributed by atoms with Crippen LogP contribution in [0.15, 0.2) is 30.0 Å². The van der Waals surface area contributed by atoms with Crippen LogP contribution in [0.5, 0.6) is 0 Å². The molecule has 68 valence electrons. The highest BCUT2D eigenvalue weighted by Gasteiger charge is 2.14. The van der Waals surface area contributed by atoms with Crippen molar-refractivity contribution >= 4 is 13.2 Å². The molecule has 0 bridgehead atoms. The summed E-state index contributed by atoms with van der Waals surface area (Å²) in [6, 6.07) is 5.46. The first-order valence-corrected chi connectivity index (χ1v) is 3.59. The summed E-state index contributed by atoms with van der Waals surface area (Å²) < 4.78 is 25.4. The zero-order chi connectivity index (χ0) is 9.84. The first-order chi connectivity index (χ1) is 6.11. The topological polar surface area (TPSA) is 40.5 Å². The van der Waals surface area contributed by atoms with E-state index in [1.165, 1.54) is 18.2 Å². The van der Waals surface area contributed by atoms with E-state index in [1.54, 1.807) is 0 Å². The van der Waals surface area contributed by atoms with Crippen LogP contribution in [-0.2, 0) is 0 Å². The van der Waals surface area contributed by atoms with Gasteiger partial charge in [0, 0.05) is 5.56 Å². The second-order valence-electron chi connectivity index (χ2n) is 2.42. The van der Waals surface area contributed by atoms with Crippen LogP contribution in [0, 0.1) is 5.82 Å². The molecule has 0 radical (unpaired) electrons. The van der Waals surface area contributed by atoms with Crippen molar-refractivity contribution in [2.75, 3.05) is 0 Å². The van der Waals surface area contributed by atoms with Gasteiger partial charge in [-0.2, -0.15) is 0 Å². The fraction of sp³-hybridized carbons (Fsp3) is 0. The van der Waals surface area contributed by atoms with Gasteiger partial charge in [-0.05, 0) is 12.1 Å². The van der Waals surface area contributed by atoms with Crippen LogP contribution in [-0.4, -0.2) is 17.2 Å². The quantitative estimate of drug-likeness (QED) is 0.676. The van der Waals surface area contributed by atoms with Gasteiger partial charge in [-0.1, -0.05) is 18.2 Å². The van der Waals surface area contributed by atoms with Crippen molar-refractivity contribution in [3.8, 4) is 0 Å². The normalized spacial score (nSPS) is 11.5. The average Bonchev–Trinajstić information content (AvgIpc) is 2.08. The molecule has 0 heterocycles. The van der Waals surface area contributed by atoms with Crippen molar-refractivity contribution in [2.45, 2.75) is 0 Å². The Kier molecular flexibility index (Phi) is 3.16. The minimum absolute atomic E-state index is 0.0203. The molecule has 0 spiro atoms. The number of hydrogen-bond acceptors (Lipinski definition) is 2. The molecule has 0 aliphatic carbocycles. The van der Waals surface area contributed by atoms with Crippen LogP contribution in [0.4, 0.5) is 8.78 Å². The molecule has 1 aromatic carbocycles. The number of hydrogen-bond donors (Lipinski definition) is 2. The molecule has 1 aromatic rings. The largest absolute Gasteiger partial charge is 0.518 e. The fourth-order valence-electron chi connectivity index (χ4n) is 0.815. The van der Waals surface area contributed by atoms with Gasteiger partial charge in [-0.3, -0.25) is 0 Å². The van der Waals surface area contributed by atoms with Crippen LogP contribution in [0.2, 0.25) is 0 Å². The van der Waals surface area contributed by atoms with Crippen LogP contribution < -0.4 is 0 Å². The smallest absolute Gasteiger partial charge is 0.422 e. The molecular weight excluding hydrogens is 177 g/mol. The van der Waals surface area contributed by atoms with Gasteiger partial charge in [0.2, 0.25) is 0 Å². The molecule has 13 heavy (non-hydrogen) atoms. The predicted molar refractivity (Wildman–Crippen MR) is 45.7 cm³/mol. The van der Waals surface area contributed by atoms with E-state index in [1.807, 2.05) is 0 Å². The standard InChI is InChI=1S/C8H7BF2O2/c10-7-4-2-1-3-6(7)5-8(11)9(12)13/h1-5,12-13H. The molecule has 0 atom stereocenters. The number of halogens is 2. The molecule has 0 saturated carbocycles. The highest BCUT2D eigenvalue weighted by Crippen LogP contribution is 2.12. The first-order valence-electron chi connectivity index (χ1n) is 3.59. The molecule has 2 nitrogen and oxygen atoms in total. The molecule has 0 aromatic heterocycles. The average molecular weight is 184 g/mol. The number of rotatable bonds is 2. The van der Waals surface area contributed by atoms with Crippen molar-refractivity contribution in [3.63, 3.8) is 0 Å². The first kappa shape index (κ1) is 9.89. The fourth-order valence-corrected chi connectivity index (χ4v) is 0.815. The van der Waals surface area contributed by atoms with Gasteiger partial charge in [0.25, 0.3) is 0 Å². The Hall–Kier alpha value is -1.20. The van der Waals surface area contributed by atoms with Gasteiger partial charge in [0.1, 0.15) is 11.5 Å². The molecular formula is C8H7BF2O2. The minimum atomic E-state index is -2.19. The van der Waals surface area contributed by atoms with Gasteiger partial charge in [-0.25, -0.2) is 8.78 Å². The zero-order valence-electron chi connectivity index (χ0n) is 6.61. The lowest BCUT2D eigenvalue weighted by Gasteiger charge is -1.97. The van der Waals surface area contributed by atoms with Crippen molar-refractivity contribution in [1.82, 2.24) is 0 Å². The Balaban J connectivity index is 2.97. The third kappa shape index (κ3) is 2.64. The van der Waals surface area contributed by atoms with E-state index in [0.29, 0.717) is 0 Å². The lowest BCUT2D eigenvalue weighted by molar-refractivity contribution is 0.400. The summed E-state index contributed by atoms with van der Waals surface area (Å²) in [6.45, 7) is 0. The summed E-state index contributed by atoms with van der Waals surface area (Å²) in [7, 11) is -2.19. The summed E-state index contributed by atoms with van der Waals surface area (Å²) in [6.07, 6.45) is 0.736. The van der Waals surface area contributed by atoms with E-state index < -0.39 is 18.7 Å². The van der Waals surface area contributed by atoms with Crippen LogP contribution in [0.3, 0.4) is 0 Å². The van der Waals surface area contributed by atoms with Crippen LogP contribution >= 0.6 is 0 Å². The lowest BCUT2D eigenvalue weighted by Crippen LogP contribution is -2.11. The Morgan fingerprint density at radius 3 is 2.46 bits per heavy atom. The Morgan fingerprint density at radius 1 is 1.31 bits per heavy atom. The molecule has 0 unspecified atom stereocenters. The minimum Gasteiger partial charge on any atom is -0.422 e. The lowest BCUT2D eigenvalue weighted by atomic mass is 9.88. The van der Waals surface area contributed by atoms with Gasteiger partial charge >= 0.3 is 7.12 Å². The van der Waals surface area contributed by atoms with Crippen LogP contribution in [0.25, 0.3) is 6.08 Å². The summed E-state index contributed by atoms with van der Waals surface area (Å²) in [5.41, 5.74) is -1.21. The Morgan fingerprint density at radius 2 is 1.92 bits per heavy atom. The van der Waals surface area contributed by atoms with Gasteiger partial charge < -0.3 is 10.0 Å². The zero-order valence-corrected chi connectivity index (χ0v) is 6.61. The van der Waals surface area contributed by atoms with Crippen LogP contribution in [0.1, 0.15) is 5.56 Å². The Bertz CT molecular complexity index is 326. The van der Waals surface area contributed by atoms with Crippen molar-refractivity contribution < 1.29 is 18.8 Å². The molecule has 0 amide bonds. The third-order valence-electron chi connectivity index (χ3n) is 1.45. The summed E-state index contributed by atoms with van der Waals surface area (Å²) in [5, 5.41) is 16.7. The number of benzene rings is 1. The molecule has 0 fully saturated rings. The van der Waals surface area contributed by atoms with Crippen molar-refractivity contribution in [2.24, 2.45) is 0 Å². The van der Waals surface area contributed by atoms with E-state index in [-0.39, 0.29) is 5.56 Å². The SMILES string of the molecule is OB(O)C(F)=Cc1ccccc1F.